The van der Waals surface area contributed by atoms with Gasteiger partial charge in [-0.15, -0.1) is 0 Å². The third kappa shape index (κ3) is 2.92. The zero-order valence-electron chi connectivity index (χ0n) is 10.5. The minimum absolute atomic E-state index is 0.242. The molecule has 1 aromatic carbocycles. The maximum Gasteiger partial charge on any atom is 0.407 e. The van der Waals surface area contributed by atoms with E-state index in [9.17, 15) is 9.90 Å². The Morgan fingerprint density at radius 1 is 1.61 bits per heavy atom. The standard InChI is InChI=1S/C13H17NO4/c1-8-5-10(9(2)15)3-4-12(8)17-7-11-6-14-13(16)18-11/h3-5,9,11,15H,6-7H2,1-2H3,(H,14,16)/t9-,11?/m1/s1. The molecule has 1 saturated heterocycles. The van der Waals surface area contributed by atoms with Gasteiger partial charge in [0, 0.05) is 0 Å². The van der Waals surface area contributed by atoms with Crippen LogP contribution in [0.3, 0.4) is 0 Å². The normalized spacial score (nSPS) is 20.2. The van der Waals surface area contributed by atoms with E-state index in [4.69, 9.17) is 9.47 Å². The van der Waals surface area contributed by atoms with Crippen LogP contribution in [0, 0.1) is 6.92 Å². The molecule has 0 aromatic heterocycles. The average molecular weight is 251 g/mol. The number of aliphatic hydroxyl groups is 1. The molecule has 2 atom stereocenters. The zero-order chi connectivity index (χ0) is 13.1. The molecule has 1 amide bonds. The number of ether oxygens (including phenoxy) is 2. The van der Waals surface area contributed by atoms with Crippen molar-refractivity contribution in [3.8, 4) is 5.75 Å². The first-order valence-electron chi connectivity index (χ1n) is 5.92. The minimum Gasteiger partial charge on any atom is -0.489 e. The molecule has 0 radical (unpaired) electrons. The summed E-state index contributed by atoms with van der Waals surface area (Å²) >= 11 is 0. The van der Waals surface area contributed by atoms with Crippen LogP contribution >= 0.6 is 0 Å². The lowest BCUT2D eigenvalue weighted by Crippen LogP contribution is -2.22. The third-order valence-corrected chi connectivity index (χ3v) is 2.85. The molecule has 0 aliphatic carbocycles. The highest BCUT2D eigenvalue weighted by atomic mass is 16.6. The summed E-state index contributed by atoms with van der Waals surface area (Å²) in [5.41, 5.74) is 1.81. The van der Waals surface area contributed by atoms with Crippen LogP contribution in [-0.4, -0.2) is 30.5 Å². The Morgan fingerprint density at radius 2 is 2.39 bits per heavy atom. The summed E-state index contributed by atoms with van der Waals surface area (Å²) in [6.07, 6.45) is -1.13. The van der Waals surface area contributed by atoms with Crippen LogP contribution in [0.1, 0.15) is 24.2 Å². The van der Waals surface area contributed by atoms with Gasteiger partial charge >= 0.3 is 6.09 Å². The number of alkyl carbamates (subject to hydrolysis) is 1. The molecule has 1 fully saturated rings. The Bertz CT molecular complexity index is 445. The molecule has 0 bridgehead atoms. The van der Waals surface area contributed by atoms with Crippen molar-refractivity contribution in [2.75, 3.05) is 13.2 Å². The zero-order valence-corrected chi connectivity index (χ0v) is 10.5. The Hall–Kier alpha value is -1.75. The monoisotopic (exact) mass is 251 g/mol. The van der Waals surface area contributed by atoms with Gasteiger partial charge < -0.3 is 19.9 Å². The number of aliphatic hydroxyl groups excluding tert-OH is 1. The first kappa shape index (κ1) is 12.7. The molecule has 1 aliphatic heterocycles. The van der Waals surface area contributed by atoms with E-state index in [1.807, 2.05) is 25.1 Å². The second kappa shape index (κ2) is 5.27. The minimum atomic E-state index is -0.488. The highest BCUT2D eigenvalue weighted by Crippen LogP contribution is 2.23. The molecule has 1 heterocycles. The van der Waals surface area contributed by atoms with E-state index in [0.29, 0.717) is 13.2 Å². The van der Waals surface area contributed by atoms with Gasteiger partial charge in [0.2, 0.25) is 0 Å². The average Bonchev–Trinajstić information content (AvgIpc) is 2.73. The number of hydrogen-bond donors (Lipinski definition) is 2. The van der Waals surface area contributed by atoms with Gasteiger partial charge in [-0.05, 0) is 37.1 Å². The number of amides is 1. The van der Waals surface area contributed by atoms with E-state index < -0.39 is 12.2 Å². The number of rotatable bonds is 4. The molecule has 1 unspecified atom stereocenters. The summed E-state index contributed by atoms with van der Waals surface area (Å²) in [7, 11) is 0. The molecule has 2 N–H and O–H groups in total. The molecule has 98 valence electrons. The highest BCUT2D eigenvalue weighted by molar-refractivity contribution is 5.69. The quantitative estimate of drug-likeness (QED) is 0.851. The number of carbonyl (C=O) groups excluding carboxylic acids is 1. The van der Waals surface area contributed by atoms with Crippen LogP contribution in [0.5, 0.6) is 5.75 Å². The first-order chi connectivity index (χ1) is 8.56. The molecule has 0 spiro atoms. The van der Waals surface area contributed by atoms with Crippen molar-refractivity contribution >= 4 is 6.09 Å². The highest BCUT2D eigenvalue weighted by Gasteiger charge is 2.23. The second-order valence-corrected chi connectivity index (χ2v) is 4.42. The largest absolute Gasteiger partial charge is 0.489 e. The summed E-state index contributed by atoms with van der Waals surface area (Å²) in [5.74, 6) is 0.738. The van der Waals surface area contributed by atoms with Crippen LogP contribution < -0.4 is 10.1 Å². The fraction of sp³-hybridized carbons (Fsp3) is 0.462. The van der Waals surface area contributed by atoms with Crippen LogP contribution in [0.15, 0.2) is 18.2 Å². The maximum atomic E-state index is 10.8. The van der Waals surface area contributed by atoms with Crippen LogP contribution in [0.25, 0.3) is 0 Å². The van der Waals surface area contributed by atoms with Crippen molar-refractivity contribution in [1.29, 1.82) is 0 Å². The Labute approximate surface area is 106 Å². The van der Waals surface area contributed by atoms with Crippen molar-refractivity contribution in [2.45, 2.75) is 26.1 Å². The predicted molar refractivity (Wildman–Crippen MR) is 65.6 cm³/mol. The van der Waals surface area contributed by atoms with Crippen molar-refractivity contribution in [2.24, 2.45) is 0 Å². The summed E-state index contributed by atoms with van der Waals surface area (Å²) in [5, 5.41) is 12.0. The van der Waals surface area contributed by atoms with Gasteiger partial charge in [-0.1, -0.05) is 6.07 Å². The Morgan fingerprint density at radius 3 is 2.94 bits per heavy atom. The van der Waals surface area contributed by atoms with E-state index in [0.717, 1.165) is 16.9 Å². The van der Waals surface area contributed by atoms with Gasteiger partial charge in [-0.2, -0.15) is 0 Å². The molecule has 5 heteroatoms. The van der Waals surface area contributed by atoms with Gasteiger partial charge in [0.1, 0.15) is 12.4 Å². The van der Waals surface area contributed by atoms with E-state index in [2.05, 4.69) is 5.32 Å². The van der Waals surface area contributed by atoms with E-state index >= 15 is 0 Å². The lowest BCUT2D eigenvalue weighted by atomic mass is 10.1. The molecule has 18 heavy (non-hydrogen) atoms. The molecule has 5 nitrogen and oxygen atoms in total. The Balaban J connectivity index is 1.95. The maximum absolute atomic E-state index is 10.8. The molecule has 2 rings (SSSR count). The number of carbonyl (C=O) groups is 1. The summed E-state index contributed by atoms with van der Waals surface area (Å²) in [6, 6.07) is 5.53. The number of cyclic esters (lactones) is 1. The molecule has 1 aliphatic rings. The van der Waals surface area contributed by atoms with Gasteiger partial charge in [0.25, 0.3) is 0 Å². The van der Waals surface area contributed by atoms with Gasteiger partial charge in [0.15, 0.2) is 6.10 Å². The van der Waals surface area contributed by atoms with Gasteiger partial charge in [-0.3, -0.25) is 0 Å². The number of hydrogen-bond acceptors (Lipinski definition) is 4. The van der Waals surface area contributed by atoms with Crippen molar-refractivity contribution in [1.82, 2.24) is 5.32 Å². The number of benzene rings is 1. The van der Waals surface area contributed by atoms with Crippen molar-refractivity contribution in [3.63, 3.8) is 0 Å². The van der Waals surface area contributed by atoms with Crippen LogP contribution in [-0.2, 0) is 4.74 Å². The first-order valence-corrected chi connectivity index (χ1v) is 5.92. The van der Waals surface area contributed by atoms with Crippen molar-refractivity contribution < 1.29 is 19.4 Å². The lowest BCUT2D eigenvalue weighted by Gasteiger charge is -2.14. The number of nitrogens with one attached hydrogen (secondary N) is 1. The second-order valence-electron chi connectivity index (χ2n) is 4.42. The van der Waals surface area contributed by atoms with E-state index in [-0.39, 0.29) is 6.10 Å². The fourth-order valence-corrected chi connectivity index (χ4v) is 1.80. The SMILES string of the molecule is Cc1cc([C@@H](C)O)ccc1OCC1CNC(=O)O1. The van der Waals surface area contributed by atoms with Gasteiger partial charge in [-0.25, -0.2) is 4.79 Å². The Kier molecular flexibility index (Phi) is 3.72. The smallest absolute Gasteiger partial charge is 0.407 e. The van der Waals surface area contributed by atoms with Crippen LogP contribution in [0.2, 0.25) is 0 Å². The number of aryl methyl sites for hydroxylation is 1. The molecule has 1 aromatic rings. The van der Waals surface area contributed by atoms with E-state index in [1.165, 1.54) is 0 Å². The fourth-order valence-electron chi connectivity index (χ4n) is 1.80. The topological polar surface area (TPSA) is 67.8 Å². The van der Waals surface area contributed by atoms with E-state index in [1.54, 1.807) is 6.92 Å². The molecular formula is C13H17NO4. The third-order valence-electron chi connectivity index (χ3n) is 2.85. The van der Waals surface area contributed by atoms with Crippen LogP contribution in [0.4, 0.5) is 4.79 Å². The van der Waals surface area contributed by atoms with Gasteiger partial charge in [0.05, 0.1) is 12.6 Å². The lowest BCUT2D eigenvalue weighted by molar-refractivity contribution is 0.104. The summed E-state index contributed by atoms with van der Waals surface area (Å²) < 4.78 is 10.6. The summed E-state index contributed by atoms with van der Waals surface area (Å²) in [4.78, 5) is 10.8. The molecule has 0 saturated carbocycles. The predicted octanol–water partition coefficient (Wildman–Crippen LogP) is 1.54. The van der Waals surface area contributed by atoms with Crippen molar-refractivity contribution in [3.05, 3.63) is 29.3 Å². The summed E-state index contributed by atoms with van der Waals surface area (Å²) in [6.45, 7) is 4.44. The molecular weight excluding hydrogens is 234 g/mol.